The quantitative estimate of drug-likeness (QED) is 0.686. The van der Waals surface area contributed by atoms with Crippen LogP contribution in [-0.4, -0.2) is 92.1 Å². The summed E-state index contributed by atoms with van der Waals surface area (Å²) in [7, 11) is -1.55. The van der Waals surface area contributed by atoms with E-state index in [1.165, 1.54) is 25.6 Å². The molecular formula is C16H22BrFN4O3S. The molecule has 2 aliphatic heterocycles. The highest BCUT2D eigenvalue weighted by Crippen LogP contribution is 2.19. The van der Waals surface area contributed by atoms with Crippen LogP contribution in [0.25, 0.3) is 0 Å². The molecule has 0 unspecified atom stereocenters. The van der Waals surface area contributed by atoms with E-state index in [0.29, 0.717) is 30.7 Å². The first-order chi connectivity index (χ1) is 12.3. The molecule has 1 amide bonds. The van der Waals surface area contributed by atoms with Crippen LogP contribution in [0, 0.1) is 5.82 Å². The van der Waals surface area contributed by atoms with Crippen LogP contribution >= 0.6 is 15.9 Å². The first-order valence-corrected chi connectivity index (χ1v) is 10.7. The molecule has 7 nitrogen and oxygen atoms in total. The van der Waals surface area contributed by atoms with Gasteiger partial charge >= 0.3 is 0 Å². The lowest BCUT2D eigenvalue weighted by Gasteiger charge is -2.39. The lowest BCUT2D eigenvalue weighted by Crippen LogP contribution is -2.57. The number of benzene rings is 1. The number of carbonyl (C=O) groups excluding carboxylic acids is 1. The van der Waals surface area contributed by atoms with Crippen molar-refractivity contribution in [2.24, 2.45) is 0 Å². The van der Waals surface area contributed by atoms with E-state index in [1.807, 2.05) is 7.05 Å². The van der Waals surface area contributed by atoms with E-state index in [2.05, 4.69) is 20.8 Å². The van der Waals surface area contributed by atoms with Gasteiger partial charge in [-0.1, -0.05) is 15.9 Å². The van der Waals surface area contributed by atoms with Gasteiger partial charge in [-0.2, -0.15) is 17.0 Å². The Hall–Kier alpha value is -1.07. The molecule has 3 rings (SSSR count). The van der Waals surface area contributed by atoms with Gasteiger partial charge in [-0.3, -0.25) is 4.79 Å². The highest BCUT2D eigenvalue weighted by Gasteiger charge is 2.35. The van der Waals surface area contributed by atoms with Crippen LogP contribution in [0.5, 0.6) is 0 Å². The van der Waals surface area contributed by atoms with Gasteiger partial charge in [0, 0.05) is 56.8 Å². The monoisotopic (exact) mass is 448 g/mol. The fourth-order valence-corrected chi connectivity index (χ4v) is 5.05. The van der Waals surface area contributed by atoms with Gasteiger partial charge in [0.15, 0.2) is 0 Å². The van der Waals surface area contributed by atoms with Crippen molar-refractivity contribution in [1.82, 2.24) is 18.4 Å². The molecule has 1 aromatic carbocycles. The van der Waals surface area contributed by atoms with Crippen molar-refractivity contribution in [3.63, 3.8) is 0 Å². The van der Waals surface area contributed by atoms with Crippen molar-refractivity contribution in [3.8, 4) is 0 Å². The third-order valence-corrected chi connectivity index (χ3v) is 7.33. The van der Waals surface area contributed by atoms with Gasteiger partial charge in [0.05, 0.1) is 5.56 Å². The number of nitrogens with zero attached hydrogens (tertiary/aromatic N) is 4. The van der Waals surface area contributed by atoms with Crippen LogP contribution in [0.15, 0.2) is 22.7 Å². The highest BCUT2D eigenvalue weighted by molar-refractivity contribution is 9.10. The maximum atomic E-state index is 14.0. The molecule has 2 aliphatic rings. The van der Waals surface area contributed by atoms with Gasteiger partial charge in [-0.05, 0) is 25.2 Å². The van der Waals surface area contributed by atoms with Crippen LogP contribution < -0.4 is 0 Å². The number of carbonyl (C=O) groups is 1. The summed E-state index contributed by atoms with van der Waals surface area (Å²) in [6.07, 6.45) is 0. The molecule has 0 radical (unpaired) electrons. The zero-order valence-corrected chi connectivity index (χ0v) is 17.0. The summed E-state index contributed by atoms with van der Waals surface area (Å²) in [5, 5.41) is 0. The zero-order chi connectivity index (χ0) is 18.9. The van der Waals surface area contributed by atoms with Crippen LogP contribution in [-0.2, 0) is 10.2 Å². The minimum absolute atomic E-state index is 0.00331. The van der Waals surface area contributed by atoms with Crippen LogP contribution in [0.1, 0.15) is 10.4 Å². The first-order valence-electron chi connectivity index (χ1n) is 8.47. The fraction of sp³-hybridized carbons (Fsp3) is 0.562. The van der Waals surface area contributed by atoms with Crippen LogP contribution in [0.3, 0.4) is 0 Å². The third-order valence-electron chi connectivity index (χ3n) is 4.80. The number of hydrogen-bond donors (Lipinski definition) is 0. The number of hydrogen-bond acceptors (Lipinski definition) is 4. The topological polar surface area (TPSA) is 64.2 Å². The van der Waals surface area contributed by atoms with Gasteiger partial charge in [0.2, 0.25) is 0 Å². The van der Waals surface area contributed by atoms with Crippen molar-refractivity contribution in [2.45, 2.75) is 0 Å². The molecule has 1 aromatic rings. The molecule has 0 spiro atoms. The van der Waals surface area contributed by atoms with E-state index < -0.39 is 21.9 Å². The maximum absolute atomic E-state index is 14.0. The number of likely N-dealkylation sites (N-methyl/N-ethyl adjacent to an activating group) is 1. The van der Waals surface area contributed by atoms with Crippen LogP contribution in [0.4, 0.5) is 4.39 Å². The summed E-state index contributed by atoms with van der Waals surface area (Å²) in [4.78, 5) is 16.1. The maximum Gasteiger partial charge on any atom is 0.282 e. The Morgan fingerprint density at radius 2 is 1.54 bits per heavy atom. The smallest absolute Gasteiger partial charge is 0.282 e. The zero-order valence-electron chi connectivity index (χ0n) is 14.6. The normalized spacial score (nSPS) is 21.1. The number of halogens is 2. The Kier molecular flexibility index (Phi) is 5.97. The van der Waals surface area contributed by atoms with Crippen molar-refractivity contribution < 1.29 is 17.6 Å². The molecule has 0 atom stereocenters. The van der Waals surface area contributed by atoms with E-state index in [9.17, 15) is 17.6 Å². The largest absolute Gasteiger partial charge is 0.336 e. The summed E-state index contributed by atoms with van der Waals surface area (Å²) in [5.74, 6) is -0.997. The van der Waals surface area contributed by atoms with Gasteiger partial charge in [0.25, 0.3) is 16.1 Å². The Morgan fingerprint density at radius 3 is 2.08 bits per heavy atom. The highest BCUT2D eigenvalue weighted by atomic mass is 79.9. The van der Waals surface area contributed by atoms with Crippen molar-refractivity contribution >= 4 is 32.0 Å². The molecule has 0 N–H and O–H groups in total. The molecule has 144 valence electrons. The van der Waals surface area contributed by atoms with E-state index in [0.717, 1.165) is 0 Å². The van der Waals surface area contributed by atoms with E-state index in [1.54, 1.807) is 6.07 Å². The predicted octanol–water partition coefficient (Wildman–Crippen LogP) is 0.838. The number of rotatable bonds is 3. The molecule has 10 heteroatoms. The molecule has 2 heterocycles. The second-order valence-corrected chi connectivity index (χ2v) is 9.37. The lowest BCUT2D eigenvalue weighted by atomic mass is 10.1. The van der Waals surface area contributed by atoms with E-state index in [-0.39, 0.29) is 31.7 Å². The van der Waals surface area contributed by atoms with Gasteiger partial charge in [-0.15, -0.1) is 0 Å². The molecule has 0 aliphatic carbocycles. The van der Waals surface area contributed by atoms with E-state index in [4.69, 9.17) is 0 Å². The molecule has 26 heavy (non-hydrogen) atoms. The summed E-state index contributed by atoms with van der Waals surface area (Å²) in [5.41, 5.74) is 0.00331. The predicted molar refractivity (Wildman–Crippen MR) is 99.6 cm³/mol. The molecular weight excluding hydrogens is 427 g/mol. The summed E-state index contributed by atoms with van der Waals surface area (Å²) in [6.45, 7) is 3.31. The second kappa shape index (κ2) is 7.89. The van der Waals surface area contributed by atoms with Crippen LogP contribution in [0.2, 0.25) is 0 Å². The van der Waals surface area contributed by atoms with Crippen molar-refractivity contribution in [1.29, 1.82) is 0 Å². The average molecular weight is 449 g/mol. The Labute approximate surface area is 161 Å². The number of piperazine rings is 2. The van der Waals surface area contributed by atoms with Gasteiger partial charge < -0.3 is 9.80 Å². The molecule has 2 fully saturated rings. The number of amides is 1. The van der Waals surface area contributed by atoms with Crippen molar-refractivity contribution in [2.75, 3.05) is 59.4 Å². The standard InChI is InChI=1S/C16H22BrFN4O3S/c1-19-4-8-21(9-5-19)26(24,25)22-10-6-20(7-11-22)16(23)14-3-2-13(17)12-15(14)18/h2-3,12H,4-11H2,1H3. The molecule has 2 saturated heterocycles. The third kappa shape index (κ3) is 4.09. The fourth-order valence-electron chi connectivity index (χ4n) is 3.14. The Morgan fingerprint density at radius 1 is 1.00 bits per heavy atom. The first kappa shape index (κ1) is 19.7. The Bertz CT molecular complexity index is 776. The Balaban J connectivity index is 1.62. The minimum atomic E-state index is -3.51. The average Bonchev–Trinajstić information content (AvgIpc) is 2.62. The molecule has 0 saturated carbocycles. The molecule has 0 bridgehead atoms. The van der Waals surface area contributed by atoms with Crippen molar-refractivity contribution in [3.05, 3.63) is 34.1 Å². The lowest BCUT2D eigenvalue weighted by molar-refractivity contribution is 0.0687. The van der Waals surface area contributed by atoms with E-state index >= 15 is 0 Å². The van der Waals surface area contributed by atoms with Gasteiger partial charge in [-0.25, -0.2) is 4.39 Å². The minimum Gasteiger partial charge on any atom is -0.336 e. The second-order valence-electron chi connectivity index (χ2n) is 6.53. The molecule has 0 aromatic heterocycles. The van der Waals surface area contributed by atoms with Gasteiger partial charge in [0.1, 0.15) is 5.82 Å². The summed E-state index contributed by atoms with van der Waals surface area (Å²) < 4.78 is 43.0. The SMILES string of the molecule is CN1CCN(S(=O)(=O)N2CCN(C(=O)c3ccc(Br)cc3F)CC2)CC1. The summed E-state index contributed by atoms with van der Waals surface area (Å²) in [6, 6.07) is 4.31. The summed E-state index contributed by atoms with van der Waals surface area (Å²) >= 11 is 3.17.